The lowest BCUT2D eigenvalue weighted by Gasteiger charge is -2.28. The van der Waals surface area contributed by atoms with Crippen molar-refractivity contribution in [2.75, 3.05) is 13.1 Å². The van der Waals surface area contributed by atoms with Gasteiger partial charge in [-0.2, -0.15) is 0 Å². The lowest BCUT2D eigenvalue weighted by Crippen LogP contribution is -2.33. The zero-order chi connectivity index (χ0) is 12.8. The van der Waals surface area contributed by atoms with Gasteiger partial charge < -0.3 is 5.11 Å². The van der Waals surface area contributed by atoms with Crippen molar-refractivity contribution in [2.24, 2.45) is 0 Å². The van der Waals surface area contributed by atoms with E-state index >= 15 is 0 Å². The zero-order valence-corrected chi connectivity index (χ0v) is 12.2. The molecule has 1 unspecified atom stereocenters. The summed E-state index contributed by atoms with van der Waals surface area (Å²) in [7, 11) is 0. The first-order valence-electron chi connectivity index (χ1n) is 5.76. The van der Waals surface area contributed by atoms with Gasteiger partial charge in [-0.3, -0.25) is 9.69 Å². The number of carboxylic acids is 1. The first-order chi connectivity index (χ1) is 8.06. The van der Waals surface area contributed by atoms with Gasteiger partial charge in [0.05, 0.1) is 6.54 Å². The SMILES string of the molecule is CCCN(CC(=O)O)C(C)c1ccccc1Cl.Cl. The highest BCUT2D eigenvalue weighted by molar-refractivity contribution is 6.31. The average Bonchev–Trinajstić information content (AvgIpc) is 2.28. The Labute approximate surface area is 119 Å². The number of carbonyl (C=O) groups is 1. The van der Waals surface area contributed by atoms with Crippen LogP contribution in [0.2, 0.25) is 5.02 Å². The summed E-state index contributed by atoms with van der Waals surface area (Å²) in [5, 5.41) is 9.59. The van der Waals surface area contributed by atoms with Crippen LogP contribution in [-0.2, 0) is 4.79 Å². The van der Waals surface area contributed by atoms with E-state index in [4.69, 9.17) is 16.7 Å². The van der Waals surface area contributed by atoms with Crippen LogP contribution >= 0.6 is 24.0 Å². The van der Waals surface area contributed by atoms with Crippen LogP contribution in [0.1, 0.15) is 31.9 Å². The molecule has 0 saturated carbocycles. The minimum Gasteiger partial charge on any atom is -0.480 e. The molecule has 102 valence electrons. The predicted octanol–water partition coefficient (Wildman–Crippen LogP) is 3.62. The highest BCUT2D eigenvalue weighted by Crippen LogP contribution is 2.26. The Morgan fingerprint density at radius 3 is 2.56 bits per heavy atom. The molecule has 0 aliphatic rings. The van der Waals surface area contributed by atoms with Gasteiger partial charge in [-0.05, 0) is 31.5 Å². The maximum Gasteiger partial charge on any atom is 0.317 e. The van der Waals surface area contributed by atoms with Crippen molar-refractivity contribution in [3.8, 4) is 0 Å². The molecule has 0 aliphatic heterocycles. The number of hydrogen-bond acceptors (Lipinski definition) is 2. The van der Waals surface area contributed by atoms with Crippen LogP contribution < -0.4 is 0 Å². The summed E-state index contributed by atoms with van der Waals surface area (Å²) in [6.07, 6.45) is 0.919. The van der Waals surface area contributed by atoms with Crippen LogP contribution in [0, 0.1) is 0 Å². The second kappa shape index (κ2) is 8.35. The van der Waals surface area contributed by atoms with Crippen LogP contribution in [-0.4, -0.2) is 29.1 Å². The Hall–Kier alpha value is -0.770. The predicted molar refractivity (Wildman–Crippen MR) is 76.6 cm³/mol. The van der Waals surface area contributed by atoms with E-state index in [1.54, 1.807) is 0 Å². The van der Waals surface area contributed by atoms with Crippen molar-refractivity contribution in [1.29, 1.82) is 0 Å². The van der Waals surface area contributed by atoms with E-state index < -0.39 is 5.97 Å². The molecule has 0 heterocycles. The smallest absolute Gasteiger partial charge is 0.317 e. The molecule has 1 atom stereocenters. The highest BCUT2D eigenvalue weighted by Gasteiger charge is 2.19. The van der Waals surface area contributed by atoms with E-state index in [1.165, 1.54) is 0 Å². The van der Waals surface area contributed by atoms with Gasteiger partial charge in [0.1, 0.15) is 0 Å². The molecule has 18 heavy (non-hydrogen) atoms. The van der Waals surface area contributed by atoms with Crippen LogP contribution in [0.25, 0.3) is 0 Å². The quantitative estimate of drug-likeness (QED) is 0.870. The number of halogens is 2. The molecule has 0 amide bonds. The molecule has 0 spiro atoms. The van der Waals surface area contributed by atoms with Crippen molar-refractivity contribution in [2.45, 2.75) is 26.3 Å². The molecule has 3 nitrogen and oxygen atoms in total. The van der Waals surface area contributed by atoms with Crippen LogP contribution in [0.3, 0.4) is 0 Å². The van der Waals surface area contributed by atoms with E-state index in [-0.39, 0.29) is 25.0 Å². The van der Waals surface area contributed by atoms with Crippen molar-refractivity contribution < 1.29 is 9.90 Å². The summed E-state index contributed by atoms with van der Waals surface area (Å²) in [5.41, 5.74) is 0.976. The maximum absolute atomic E-state index is 10.8. The Kier molecular flexibility index (Phi) is 8.00. The standard InChI is InChI=1S/C13H18ClNO2.ClH/c1-3-8-15(9-13(16)17)10(2)11-6-4-5-7-12(11)14;/h4-7,10H,3,8-9H2,1-2H3,(H,16,17);1H. The average molecular weight is 292 g/mol. The van der Waals surface area contributed by atoms with Crippen molar-refractivity contribution in [1.82, 2.24) is 4.90 Å². The Morgan fingerprint density at radius 1 is 1.44 bits per heavy atom. The molecule has 0 aromatic heterocycles. The van der Waals surface area contributed by atoms with E-state index in [1.807, 2.05) is 43.0 Å². The van der Waals surface area contributed by atoms with E-state index in [0.29, 0.717) is 5.02 Å². The van der Waals surface area contributed by atoms with Crippen molar-refractivity contribution in [3.05, 3.63) is 34.9 Å². The van der Waals surface area contributed by atoms with E-state index in [2.05, 4.69) is 0 Å². The Morgan fingerprint density at radius 2 is 2.06 bits per heavy atom. The molecular weight excluding hydrogens is 273 g/mol. The summed E-state index contributed by atoms with van der Waals surface area (Å²) in [6, 6.07) is 7.58. The molecule has 0 aliphatic carbocycles. The highest BCUT2D eigenvalue weighted by atomic mass is 35.5. The number of nitrogens with zero attached hydrogens (tertiary/aromatic N) is 1. The molecule has 1 rings (SSSR count). The summed E-state index contributed by atoms with van der Waals surface area (Å²) in [6.45, 7) is 4.81. The first-order valence-corrected chi connectivity index (χ1v) is 6.14. The number of carboxylic acid groups (broad SMARTS) is 1. The van der Waals surface area contributed by atoms with Gasteiger partial charge in [0.2, 0.25) is 0 Å². The van der Waals surface area contributed by atoms with E-state index in [9.17, 15) is 4.79 Å². The normalized spacial score (nSPS) is 12.0. The fourth-order valence-electron chi connectivity index (χ4n) is 1.88. The van der Waals surface area contributed by atoms with Gasteiger partial charge in [0.25, 0.3) is 0 Å². The van der Waals surface area contributed by atoms with Gasteiger partial charge >= 0.3 is 5.97 Å². The molecule has 0 saturated heterocycles. The number of aliphatic carboxylic acids is 1. The van der Waals surface area contributed by atoms with Crippen LogP contribution in [0.15, 0.2) is 24.3 Å². The second-order valence-electron chi connectivity index (χ2n) is 4.06. The second-order valence-corrected chi connectivity index (χ2v) is 4.47. The fraction of sp³-hybridized carbons (Fsp3) is 0.462. The maximum atomic E-state index is 10.8. The number of hydrogen-bond donors (Lipinski definition) is 1. The number of rotatable bonds is 6. The van der Waals surface area contributed by atoms with E-state index in [0.717, 1.165) is 18.5 Å². The van der Waals surface area contributed by atoms with Gasteiger partial charge in [-0.1, -0.05) is 36.7 Å². The van der Waals surface area contributed by atoms with Crippen molar-refractivity contribution >= 4 is 30.0 Å². The first kappa shape index (κ1) is 17.2. The Balaban J connectivity index is 0.00000289. The molecule has 0 radical (unpaired) electrons. The Bertz CT molecular complexity index is 385. The molecule has 0 fully saturated rings. The largest absolute Gasteiger partial charge is 0.480 e. The third-order valence-electron chi connectivity index (χ3n) is 2.75. The summed E-state index contributed by atoms with van der Waals surface area (Å²) in [4.78, 5) is 12.8. The van der Waals surface area contributed by atoms with Gasteiger partial charge in [-0.25, -0.2) is 0 Å². The molecule has 1 aromatic carbocycles. The topological polar surface area (TPSA) is 40.5 Å². The minimum absolute atomic E-state index is 0. The van der Waals surface area contributed by atoms with Gasteiger partial charge in [-0.15, -0.1) is 12.4 Å². The summed E-state index contributed by atoms with van der Waals surface area (Å²) in [5.74, 6) is -0.808. The van der Waals surface area contributed by atoms with Gasteiger partial charge in [0, 0.05) is 11.1 Å². The third kappa shape index (κ3) is 4.84. The molecular formula is C13H19Cl2NO2. The molecule has 1 aromatic rings. The van der Waals surface area contributed by atoms with Crippen LogP contribution in [0.5, 0.6) is 0 Å². The lowest BCUT2D eigenvalue weighted by molar-refractivity contribution is -0.138. The molecule has 0 bridgehead atoms. The van der Waals surface area contributed by atoms with Crippen LogP contribution in [0.4, 0.5) is 0 Å². The summed E-state index contributed by atoms with van der Waals surface area (Å²) >= 11 is 6.13. The summed E-state index contributed by atoms with van der Waals surface area (Å²) < 4.78 is 0. The third-order valence-corrected chi connectivity index (χ3v) is 3.10. The fourth-order valence-corrected chi connectivity index (χ4v) is 2.17. The molecule has 5 heteroatoms. The molecule has 1 N–H and O–H groups in total. The monoisotopic (exact) mass is 291 g/mol. The van der Waals surface area contributed by atoms with Crippen molar-refractivity contribution in [3.63, 3.8) is 0 Å². The minimum atomic E-state index is -0.808. The number of benzene rings is 1. The van der Waals surface area contributed by atoms with Gasteiger partial charge in [0.15, 0.2) is 0 Å². The zero-order valence-electron chi connectivity index (χ0n) is 10.6. The lowest BCUT2D eigenvalue weighted by atomic mass is 10.1.